The van der Waals surface area contributed by atoms with Crippen LogP contribution >= 0.6 is 0 Å². The highest BCUT2D eigenvalue weighted by Gasteiger charge is 2.23. The number of likely N-dealkylation sites (tertiary alicyclic amines) is 1. The molecule has 0 saturated carbocycles. The molecule has 1 amide bonds. The summed E-state index contributed by atoms with van der Waals surface area (Å²) in [7, 11) is 2.34. The second-order valence-electron chi connectivity index (χ2n) is 9.54. The summed E-state index contributed by atoms with van der Waals surface area (Å²) in [5.41, 5.74) is 0. The van der Waals surface area contributed by atoms with Crippen molar-refractivity contribution in [3.8, 4) is 0 Å². The third kappa shape index (κ3) is 17.6. The highest BCUT2D eigenvalue weighted by atomic mass is 127. The van der Waals surface area contributed by atoms with Crippen molar-refractivity contribution in [3.63, 3.8) is 0 Å². The van der Waals surface area contributed by atoms with E-state index in [9.17, 15) is 4.79 Å². The van der Waals surface area contributed by atoms with Crippen molar-refractivity contribution in [3.05, 3.63) is 12.2 Å². The lowest BCUT2D eigenvalue weighted by Gasteiger charge is -2.37. The van der Waals surface area contributed by atoms with E-state index in [1.165, 1.54) is 109 Å². The summed E-state index contributed by atoms with van der Waals surface area (Å²) in [5, 5.41) is 3.14. The monoisotopic (exact) mass is 534 g/mol. The van der Waals surface area contributed by atoms with Crippen LogP contribution in [0.25, 0.3) is 0 Å². The van der Waals surface area contributed by atoms with Crippen LogP contribution in [0.1, 0.15) is 116 Å². The second kappa shape index (κ2) is 20.8. The van der Waals surface area contributed by atoms with Gasteiger partial charge in [-0.2, -0.15) is 0 Å². The van der Waals surface area contributed by atoms with Crippen molar-refractivity contribution in [1.29, 1.82) is 0 Å². The zero-order chi connectivity index (χ0) is 21.0. The number of nitrogens with zero attached hydrogens (tertiary/aromatic N) is 1. The highest BCUT2D eigenvalue weighted by molar-refractivity contribution is 5.75. The predicted octanol–water partition coefficient (Wildman–Crippen LogP) is 3.77. The molecule has 1 N–H and O–H groups in total. The normalized spacial score (nSPS) is 15.8. The molecule has 178 valence electrons. The molecule has 0 bridgehead atoms. The Labute approximate surface area is 205 Å². The first-order valence-corrected chi connectivity index (χ1v) is 12.9. The van der Waals surface area contributed by atoms with Gasteiger partial charge < -0.3 is 33.8 Å². The van der Waals surface area contributed by atoms with E-state index in [1.807, 2.05) is 0 Å². The molecule has 0 aliphatic carbocycles. The van der Waals surface area contributed by atoms with Gasteiger partial charge in [0.1, 0.15) is 0 Å². The molecular weight excluding hydrogens is 483 g/mol. The lowest BCUT2D eigenvalue weighted by Crippen LogP contribution is -3.00. The Hall–Kier alpha value is -0.100. The molecule has 0 aromatic rings. The topological polar surface area (TPSA) is 29.1 Å². The third-order valence-corrected chi connectivity index (χ3v) is 6.54. The SMILES string of the molecule is CCCCCCCC/C=C\CCCCCCCC(=O)NCC[N+]1(C)CCCCC1.[I-]. The molecule has 1 saturated heterocycles. The van der Waals surface area contributed by atoms with Gasteiger partial charge in [0.05, 0.1) is 33.2 Å². The number of nitrogens with one attached hydrogen (secondary N) is 1. The Morgan fingerprint density at radius 3 is 1.93 bits per heavy atom. The van der Waals surface area contributed by atoms with Crippen LogP contribution in [0.5, 0.6) is 0 Å². The Bertz CT molecular complexity index is 419. The van der Waals surface area contributed by atoms with Crippen molar-refractivity contribution < 1.29 is 33.3 Å². The van der Waals surface area contributed by atoms with Crippen LogP contribution < -0.4 is 29.3 Å². The fourth-order valence-corrected chi connectivity index (χ4v) is 4.41. The average Bonchev–Trinajstić information content (AvgIpc) is 2.71. The first-order valence-electron chi connectivity index (χ1n) is 12.9. The number of carbonyl (C=O) groups excluding carboxylic acids is 1. The zero-order valence-electron chi connectivity index (χ0n) is 20.2. The van der Waals surface area contributed by atoms with Crippen molar-refractivity contribution >= 4 is 5.91 Å². The molecule has 0 unspecified atom stereocenters. The maximum absolute atomic E-state index is 12.0. The van der Waals surface area contributed by atoms with Crippen LogP contribution in [0.2, 0.25) is 0 Å². The number of amides is 1. The van der Waals surface area contributed by atoms with Gasteiger partial charge in [-0.1, -0.05) is 70.4 Å². The fourth-order valence-electron chi connectivity index (χ4n) is 4.41. The predicted molar refractivity (Wildman–Crippen MR) is 127 cm³/mol. The molecule has 1 fully saturated rings. The van der Waals surface area contributed by atoms with Crippen LogP contribution in [-0.2, 0) is 4.79 Å². The molecular formula is C26H51IN2O. The van der Waals surface area contributed by atoms with Crippen LogP contribution in [0.15, 0.2) is 12.2 Å². The number of hydrogen-bond acceptors (Lipinski definition) is 1. The van der Waals surface area contributed by atoms with E-state index >= 15 is 0 Å². The van der Waals surface area contributed by atoms with Crippen LogP contribution in [0.3, 0.4) is 0 Å². The number of carbonyl (C=O) groups is 1. The smallest absolute Gasteiger partial charge is 0.220 e. The lowest BCUT2D eigenvalue weighted by atomic mass is 10.1. The number of quaternary nitrogens is 1. The van der Waals surface area contributed by atoms with Gasteiger partial charge in [0.15, 0.2) is 0 Å². The van der Waals surface area contributed by atoms with E-state index in [-0.39, 0.29) is 29.9 Å². The quantitative estimate of drug-likeness (QED) is 0.123. The fraction of sp³-hybridized carbons (Fsp3) is 0.885. The summed E-state index contributed by atoms with van der Waals surface area (Å²) >= 11 is 0. The molecule has 1 rings (SSSR count). The molecule has 4 heteroatoms. The minimum absolute atomic E-state index is 0. The zero-order valence-corrected chi connectivity index (χ0v) is 22.4. The van der Waals surface area contributed by atoms with E-state index in [0.29, 0.717) is 6.42 Å². The Balaban J connectivity index is 0.00000841. The molecule has 0 aromatic carbocycles. The van der Waals surface area contributed by atoms with Crippen molar-refractivity contribution in [2.75, 3.05) is 33.2 Å². The first kappa shape index (κ1) is 29.9. The van der Waals surface area contributed by atoms with Gasteiger partial charge in [-0.05, 0) is 51.4 Å². The molecule has 1 heterocycles. The van der Waals surface area contributed by atoms with E-state index in [0.717, 1.165) is 24.0 Å². The second-order valence-corrected chi connectivity index (χ2v) is 9.54. The number of allylic oxidation sites excluding steroid dienone is 2. The number of piperidine rings is 1. The van der Waals surface area contributed by atoms with Gasteiger partial charge in [0, 0.05) is 6.42 Å². The molecule has 30 heavy (non-hydrogen) atoms. The summed E-state index contributed by atoms with van der Waals surface area (Å²) in [4.78, 5) is 12.0. The summed E-state index contributed by atoms with van der Waals surface area (Å²) in [6, 6.07) is 0. The molecule has 0 spiro atoms. The Morgan fingerprint density at radius 2 is 1.33 bits per heavy atom. The van der Waals surface area contributed by atoms with Gasteiger partial charge >= 0.3 is 0 Å². The Morgan fingerprint density at radius 1 is 0.800 bits per heavy atom. The minimum Gasteiger partial charge on any atom is -1.00 e. The minimum atomic E-state index is 0. The number of hydrogen-bond donors (Lipinski definition) is 1. The number of rotatable bonds is 18. The maximum atomic E-state index is 12.0. The van der Waals surface area contributed by atoms with E-state index in [4.69, 9.17) is 0 Å². The Kier molecular flexibility index (Phi) is 20.7. The van der Waals surface area contributed by atoms with Crippen molar-refractivity contribution in [2.45, 2.75) is 116 Å². The van der Waals surface area contributed by atoms with Crippen LogP contribution in [0.4, 0.5) is 0 Å². The van der Waals surface area contributed by atoms with Gasteiger partial charge in [-0.15, -0.1) is 0 Å². The van der Waals surface area contributed by atoms with Gasteiger partial charge in [0.25, 0.3) is 0 Å². The summed E-state index contributed by atoms with van der Waals surface area (Å²) in [5.74, 6) is 0.256. The standard InChI is InChI=1S/C26H50N2O.HI/c1-3-4-5-6-7-8-9-10-11-12-13-14-15-16-18-21-26(29)27-22-25-28(2)23-19-17-20-24-28;/h10-11H,3-9,12-25H2,1-2H3;1H/b11-10-;. The van der Waals surface area contributed by atoms with Crippen LogP contribution in [0, 0.1) is 0 Å². The average molecular weight is 535 g/mol. The van der Waals surface area contributed by atoms with Crippen LogP contribution in [-0.4, -0.2) is 43.6 Å². The summed E-state index contributed by atoms with van der Waals surface area (Å²) in [6.45, 7) is 6.78. The largest absolute Gasteiger partial charge is 1.00 e. The molecule has 0 atom stereocenters. The van der Waals surface area contributed by atoms with E-state index in [2.05, 4.69) is 31.4 Å². The number of likely N-dealkylation sites (N-methyl/N-ethyl adjacent to an activating group) is 1. The first-order chi connectivity index (χ1) is 14.2. The van der Waals surface area contributed by atoms with E-state index < -0.39 is 0 Å². The van der Waals surface area contributed by atoms with Gasteiger partial charge in [-0.3, -0.25) is 4.79 Å². The van der Waals surface area contributed by atoms with Crippen molar-refractivity contribution in [2.24, 2.45) is 0 Å². The highest BCUT2D eigenvalue weighted by Crippen LogP contribution is 2.15. The molecule has 0 aromatic heterocycles. The third-order valence-electron chi connectivity index (χ3n) is 6.54. The molecule has 3 nitrogen and oxygen atoms in total. The molecule has 0 radical (unpaired) electrons. The van der Waals surface area contributed by atoms with Crippen molar-refractivity contribution in [1.82, 2.24) is 5.32 Å². The lowest BCUT2D eigenvalue weighted by molar-refractivity contribution is -0.912. The number of halogens is 1. The summed E-state index contributed by atoms with van der Waals surface area (Å²) < 4.78 is 1.15. The van der Waals surface area contributed by atoms with Gasteiger partial charge in [-0.25, -0.2) is 0 Å². The molecule has 1 aliphatic heterocycles. The van der Waals surface area contributed by atoms with Gasteiger partial charge in [0.2, 0.25) is 5.91 Å². The maximum Gasteiger partial charge on any atom is 0.220 e. The summed E-state index contributed by atoms with van der Waals surface area (Å²) in [6.07, 6.45) is 26.5. The van der Waals surface area contributed by atoms with E-state index in [1.54, 1.807) is 0 Å². The number of unbranched alkanes of at least 4 members (excludes halogenated alkanes) is 11. The molecule has 1 aliphatic rings.